The second kappa shape index (κ2) is 2.86. The number of aryl methyl sites for hydroxylation is 1. The Morgan fingerprint density at radius 1 is 1.54 bits per heavy atom. The van der Waals surface area contributed by atoms with Crippen LogP contribution in [0.5, 0.6) is 0 Å². The first-order valence-electron chi connectivity index (χ1n) is 3.13. The third kappa shape index (κ3) is 1.87. The van der Waals surface area contributed by atoms with E-state index in [0.717, 1.165) is 6.07 Å². The van der Waals surface area contributed by atoms with E-state index in [2.05, 4.69) is 4.42 Å². The number of carbonyl (C=O) groups is 1. The van der Waals surface area contributed by atoms with Gasteiger partial charge in [0.15, 0.2) is 0 Å². The summed E-state index contributed by atoms with van der Waals surface area (Å²) in [4.78, 5) is 9.80. The molecule has 1 heterocycles. The van der Waals surface area contributed by atoms with E-state index < -0.39 is 26.7 Å². The fourth-order valence-corrected chi connectivity index (χ4v) is 1.49. The second-order valence-electron chi connectivity index (χ2n) is 2.31. The molecule has 2 N–H and O–H groups in total. The molecule has 1 aromatic heterocycles. The maximum Gasteiger partial charge on any atom is 0.371 e. The summed E-state index contributed by atoms with van der Waals surface area (Å²) < 4.78 is 34.3. The van der Waals surface area contributed by atoms with Crippen LogP contribution in [-0.2, 0) is 10.1 Å². The Bertz CT molecular complexity index is 440. The molecule has 0 unspecified atom stereocenters. The molecule has 1 rings (SSSR count). The van der Waals surface area contributed by atoms with Crippen LogP contribution in [0.1, 0.15) is 16.3 Å². The summed E-state index contributed by atoms with van der Waals surface area (Å²) >= 11 is 0. The lowest BCUT2D eigenvalue weighted by molar-refractivity contribution is 0.0661. The van der Waals surface area contributed by atoms with Crippen molar-refractivity contribution in [2.24, 2.45) is 0 Å². The Balaban J connectivity index is 3.35. The first kappa shape index (κ1) is 9.75. The van der Waals surface area contributed by atoms with Crippen molar-refractivity contribution in [3.05, 3.63) is 17.6 Å². The molecule has 6 nitrogen and oxygen atoms in total. The largest absolute Gasteiger partial charge is 0.475 e. The third-order valence-corrected chi connectivity index (χ3v) is 2.32. The molecule has 72 valence electrons. The third-order valence-electron chi connectivity index (χ3n) is 1.36. The van der Waals surface area contributed by atoms with E-state index in [4.69, 9.17) is 9.66 Å². The molecule has 0 amide bonds. The first-order valence-corrected chi connectivity index (χ1v) is 4.57. The number of aromatic carboxylic acids is 1. The molecule has 13 heavy (non-hydrogen) atoms. The summed E-state index contributed by atoms with van der Waals surface area (Å²) in [5.74, 6) is -2.07. The van der Waals surface area contributed by atoms with Gasteiger partial charge in [0.2, 0.25) is 5.76 Å². The number of carboxylic acids is 1. The maximum atomic E-state index is 10.6. The Morgan fingerprint density at radius 3 is 2.31 bits per heavy atom. The SMILES string of the molecule is Cc1oc(C(=O)O)cc1S(=O)(=O)O. The summed E-state index contributed by atoms with van der Waals surface area (Å²) in [7, 11) is -4.40. The lowest BCUT2D eigenvalue weighted by Crippen LogP contribution is -1.98. The Labute approximate surface area is 73.5 Å². The lowest BCUT2D eigenvalue weighted by Gasteiger charge is -1.89. The topological polar surface area (TPSA) is 105 Å². The van der Waals surface area contributed by atoms with E-state index >= 15 is 0 Å². The average Bonchev–Trinajstić information content (AvgIpc) is 2.29. The van der Waals surface area contributed by atoms with Gasteiger partial charge in [-0.1, -0.05) is 0 Å². The van der Waals surface area contributed by atoms with Crippen LogP contribution in [-0.4, -0.2) is 24.0 Å². The van der Waals surface area contributed by atoms with Crippen LogP contribution in [0.4, 0.5) is 0 Å². The van der Waals surface area contributed by atoms with Crippen LogP contribution in [0.3, 0.4) is 0 Å². The molecular weight excluding hydrogens is 200 g/mol. The van der Waals surface area contributed by atoms with Gasteiger partial charge in [0, 0.05) is 6.07 Å². The lowest BCUT2D eigenvalue weighted by atomic mass is 10.4. The molecule has 0 fully saturated rings. The van der Waals surface area contributed by atoms with Crippen molar-refractivity contribution >= 4 is 16.1 Å². The molecule has 0 spiro atoms. The molecule has 7 heteroatoms. The summed E-state index contributed by atoms with van der Waals surface area (Å²) in [5.41, 5.74) is 0. The Morgan fingerprint density at radius 2 is 2.08 bits per heavy atom. The van der Waals surface area contributed by atoms with Gasteiger partial charge in [-0.3, -0.25) is 4.55 Å². The number of hydrogen-bond donors (Lipinski definition) is 2. The van der Waals surface area contributed by atoms with Crippen molar-refractivity contribution in [3.8, 4) is 0 Å². The Hall–Kier alpha value is -1.34. The molecule has 0 saturated carbocycles. The average molecular weight is 206 g/mol. The van der Waals surface area contributed by atoms with Gasteiger partial charge in [0.25, 0.3) is 10.1 Å². The molecule has 0 aliphatic heterocycles. The number of rotatable bonds is 2. The standard InChI is InChI=1S/C6H6O6S/c1-3-5(13(9,10)11)2-4(12-3)6(7)8/h2H,1H3,(H,7,8)(H,9,10,11). The molecule has 0 bridgehead atoms. The number of furan rings is 1. The van der Waals surface area contributed by atoms with Crippen LogP contribution >= 0.6 is 0 Å². The van der Waals surface area contributed by atoms with E-state index in [0.29, 0.717) is 0 Å². The van der Waals surface area contributed by atoms with Crippen LogP contribution in [0.2, 0.25) is 0 Å². The van der Waals surface area contributed by atoms with Crippen LogP contribution in [0, 0.1) is 6.92 Å². The van der Waals surface area contributed by atoms with Crippen molar-refractivity contribution in [2.75, 3.05) is 0 Å². The second-order valence-corrected chi connectivity index (χ2v) is 3.70. The predicted molar refractivity (Wildman–Crippen MR) is 40.2 cm³/mol. The first-order chi connectivity index (χ1) is 5.82. The van der Waals surface area contributed by atoms with E-state index in [-0.39, 0.29) is 5.76 Å². The number of carboxylic acid groups (broad SMARTS) is 1. The predicted octanol–water partition coefficient (Wildman–Crippen LogP) is 0.533. The van der Waals surface area contributed by atoms with Gasteiger partial charge in [-0.25, -0.2) is 4.79 Å². The molecule has 0 radical (unpaired) electrons. The molecule has 0 atom stereocenters. The van der Waals surface area contributed by atoms with Crippen molar-refractivity contribution in [3.63, 3.8) is 0 Å². The molecular formula is C6H6O6S. The maximum absolute atomic E-state index is 10.6. The van der Waals surface area contributed by atoms with Gasteiger partial charge in [0.1, 0.15) is 10.7 Å². The fourth-order valence-electron chi connectivity index (χ4n) is 0.827. The minimum Gasteiger partial charge on any atom is -0.475 e. The zero-order valence-corrected chi connectivity index (χ0v) is 7.33. The van der Waals surface area contributed by atoms with Crippen LogP contribution in [0.25, 0.3) is 0 Å². The molecule has 0 aliphatic rings. The summed E-state index contributed by atoms with van der Waals surface area (Å²) in [5, 5.41) is 8.42. The van der Waals surface area contributed by atoms with Gasteiger partial charge in [-0.2, -0.15) is 8.42 Å². The normalized spacial score (nSPS) is 11.5. The highest BCUT2D eigenvalue weighted by Gasteiger charge is 2.21. The molecule has 0 aliphatic carbocycles. The monoisotopic (exact) mass is 206 g/mol. The zero-order chi connectivity index (χ0) is 10.2. The van der Waals surface area contributed by atoms with Crippen molar-refractivity contribution in [1.29, 1.82) is 0 Å². The van der Waals surface area contributed by atoms with E-state index in [1.165, 1.54) is 6.92 Å². The minimum atomic E-state index is -4.40. The molecule has 0 saturated heterocycles. The van der Waals surface area contributed by atoms with Crippen molar-refractivity contribution in [1.82, 2.24) is 0 Å². The fraction of sp³-hybridized carbons (Fsp3) is 0.167. The molecule has 0 aromatic carbocycles. The Kier molecular flexibility index (Phi) is 2.14. The van der Waals surface area contributed by atoms with Gasteiger partial charge < -0.3 is 9.52 Å². The van der Waals surface area contributed by atoms with E-state index in [9.17, 15) is 13.2 Å². The van der Waals surface area contributed by atoms with Gasteiger partial charge in [-0.05, 0) is 6.92 Å². The van der Waals surface area contributed by atoms with Crippen LogP contribution < -0.4 is 0 Å². The summed E-state index contributed by atoms with van der Waals surface area (Å²) in [6.45, 7) is 1.25. The van der Waals surface area contributed by atoms with Gasteiger partial charge >= 0.3 is 5.97 Å². The highest BCUT2D eigenvalue weighted by Crippen LogP contribution is 2.19. The summed E-state index contributed by atoms with van der Waals surface area (Å²) in [6, 6.07) is 0.757. The van der Waals surface area contributed by atoms with E-state index in [1.54, 1.807) is 0 Å². The highest BCUT2D eigenvalue weighted by atomic mass is 32.2. The van der Waals surface area contributed by atoms with Gasteiger partial charge in [-0.15, -0.1) is 0 Å². The summed E-state index contributed by atoms with van der Waals surface area (Å²) in [6.07, 6.45) is 0. The minimum absolute atomic E-state index is 0.153. The number of hydrogen-bond acceptors (Lipinski definition) is 4. The van der Waals surface area contributed by atoms with Crippen LogP contribution in [0.15, 0.2) is 15.4 Å². The highest BCUT2D eigenvalue weighted by molar-refractivity contribution is 7.85. The van der Waals surface area contributed by atoms with Crippen molar-refractivity contribution in [2.45, 2.75) is 11.8 Å². The quantitative estimate of drug-likeness (QED) is 0.684. The smallest absolute Gasteiger partial charge is 0.371 e. The zero-order valence-electron chi connectivity index (χ0n) is 6.51. The van der Waals surface area contributed by atoms with Crippen molar-refractivity contribution < 1.29 is 27.3 Å². The van der Waals surface area contributed by atoms with Gasteiger partial charge in [0.05, 0.1) is 0 Å². The van der Waals surface area contributed by atoms with E-state index in [1.807, 2.05) is 0 Å². The molecule has 1 aromatic rings.